The molecule has 4 rings (SSSR count). The monoisotopic (exact) mass is 470 g/mol. The van der Waals surface area contributed by atoms with Crippen molar-refractivity contribution in [3.05, 3.63) is 70.0 Å². The van der Waals surface area contributed by atoms with Crippen molar-refractivity contribution in [1.29, 1.82) is 0 Å². The summed E-state index contributed by atoms with van der Waals surface area (Å²) in [5.74, 6) is 0.462. The molecule has 2 aromatic carbocycles. The topological polar surface area (TPSA) is 75.2 Å². The van der Waals surface area contributed by atoms with Crippen LogP contribution in [-0.4, -0.2) is 34.3 Å². The minimum atomic E-state index is -0.273. The van der Waals surface area contributed by atoms with E-state index in [4.69, 9.17) is 0 Å². The first-order valence-corrected chi connectivity index (χ1v) is 12.2. The maximum absolute atomic E-state index is 13.0. The Morgan fingerprint density at radius 3 is 2.62 bits per heavy atom. The lowest BCUT2D eigenvalue weighted by atomic mass is 10.1. The van der Waals surface area contributed by atoms with E-state index in [1.54, 1.807) is 17.0 Å². The van der Waals surface area contributed by atoms with Gasteiger partial charge in [0.2, 0.25) is 16.9 Å². The summed E-state index contributed by atoms with van der Waals surface area (Å²) in [6.07, 6.45) is 0.378. The number of aromatic nitrogens is 2. The lowest BCUT2D eigenvalue weighted by Gasteiger charge is -2.17. The Morgan fingerprint density at radius 1 is 1.19 bits per heavy atom. The van der Waals surface area contributed by atoms with Gasteiger partial charge in [0, 0.05) is 30.3 Å². The molecule has 2 heterocycles. The second kappa shape index (κ2) is 9.79. The number of hydrogen-bond acceptors (Lipinski definition) is 6. The summed E-state index contributed by atoms with van der Waals surface area (Å²) >= 11 is 2.75. The zero-order chi connectivity index (χ0) is 22.7. The third kappa shape index (κ3) is 5.52. The van der Waals surface area contributed by atoms with E-state index in [1.807, 2.05) is 26.0 Å². The van der Waals surface area contributed by atoms with Gasteiger partial charge in [0.1, 0.15) is 10.8 Å². The van der Waals surface area contributed by atoms with E-state index in [1.165, 1.54) is 35.2 Å². The van der Waals surface area contributed by atoms with Gasteiger partial charge in [-0.3, -0.25) is 14.9 Å². The van der Waals surface area contributed by atoms with Gasteiger partial charge >= 0.3 is 0 Å². The van der Waals surface area contributed by atoms with Gasteiger partial charge in [-0.2, -0.15) is 0 Å². The van der Waals surface area contributed by atoms with Crippen LogP contribution in [0.25, 0.3) is 0 Å². The Balaban J connectivity index is 1.31. The molecule has 1 unspecified atom stereocenters. The molecule has 0 bridgehead atoms. The molecule has 6 nitrogen and oxygen atoms in total. The second-order valence-electron chi connectivity index (χ2n) is 7.86. The first-order valence-electron chi connectivity index (χ1n) is 10.2. The fourth-order valence-electron chi connectivity index (χ4n) is 3.68. The molecular formula is C23H23FN4O2S2. The number of nitrogens with zero attached hydrogens (tertiary/aromatic N) is 3. The van der Waals surface area contributed by atoms with E-state index in [-0.39, 0.29) is 29.3 Å². The second-order valence-corrected chi connectivity index (χ2v) is 9.86. The number of nitrogens with one attached hydrogen (secondary N) is 1. The number of amides is 2. The number of rotatable bonds is 7. The average molecular weight is 471 g/mol. The smallest absolute Gasteiger partial charge is 0.236 e. The van der Waals surface area contributed by atoms with Crippen LogP contribution >= 0.6 is 23.1 Å². The molecule has 1 aromatic heterocycles. The number of halogens is 1. The van der Waals surface area contributed by atoms with Gasteiger partial charge in [0.05, 0.1) is 5.75 Å². The van der Waals surface area contributed by atoms with Crippen LogP contribution in [0.2, 0.25) is 0 Å². The quantitative estimate of drug-likeness (QED) is 0.542. The third-order valence-corrected chi connectivity index (χ3v) is 7.10. The van der Waals surface area contributed by atoms with Crippen molar-refractivity contribution < 1.29 is 14.0 Å². The highest BCUT2D eigenvalue weighted by atomic mass is 32.2. The molecule has 1 saturated heterocycles. The van der Waals surface area contributed by atoms with Crippen LogP contribution in [0, 0.1) is 19.7 Å². The molecule has 1 atom stereocenters. The minimum absolute atomic E-state index is 0.0423. The Labute approximate surface area is 194 Å². The van der Waals surface area contributed by atoms with Crippen LogP contribution in [0.5, 0.6) is 0 Å². The molecule has 1 N–H and O–H groups in total. The number of hydrogen-bond donors (Lipinski definition) is 1. The zero-order valence-electron chi connectivity index (χ0n) is 17.8. The summed E-state index contributed by atoms with van der Waals surface area (Å²) in [6.45, 7) is 4.59. The molecule has 1 fully saturated rings. The van der Waals surface area contributed by atoms with Crippen molar-refractivity contribution in [2.45, 2.75) is 31.9 Å². The highest BCUT2D eigenvalue weighted by Crippen LogP contribution is 2.34. The molecule has 9 heteroatoms. The lowest BCUT2D eigenvalue weighted by molar-refractivity contribution is -0.117. The van der Waals surface area contributed by atoms with Gasteiger partial charge in [-0.1, -0.05) is 29.5 Å². The molecule has 32 heavy (non-hydrogen) atoms. The van der Waals surface area contributed by atoms with E-state index in [0.29, 0.717) is 23.8 Å². The van der Waals surface area contributed by atoms with E-state index in [0.717, 1.165) is 27.4 Å². The van der Waals surface area contributed by atoms with Crippen LogP contribution in [0.15, 0.2) is 42.5 Å². The largest absolute Gasteiger partial charge is 0.312 e. The first kappa shape index (κ1) is 22.4. The summed E-state index contributed by atoms with van der Waals surface area (Å²) in [4.78, 5) is 26.6. The molecule has 0 aliphatic carbocycles. The number of aryl methyl sites for hydroxylation is 2. The molecule has 0 radical (unpaired) electrons. The molecule has 166 valence electrons. The van der Waals surface area contributed by atoms with Crippen molar-refractivity contribution in [1.82, 2.24) is 10.2 Å². The maximum Gasteiger partial charge on any atom is 0.236 e. The fraction of sp³-hybridized carbons (Fsp3) is 0.304. The van der Waals surface area contributed by atoms with E-state index < -0.39 is 0 Å². The Kier molecular flexibility index (Phi) is 6.86. The number of anilines is 2. The maximum atomic E-state index is 13.0. The number of carbonyl (C=O) groups excluding carboxylic acids is 2. The summed E-state index contributed by atoms with van der Waals surface area (Å²) in [6, 6.07) is 12.4. The van der Waals surface area contributed by atoms with Crippen molar-refractivity contribution >= 4 is 45.7 Å². The van der Waals surface area contributed by atoms with Crippen LogP contribution < -0.4 is 10.2 Å². The summed E-state index contributed by atoms with van der Waals surface area (Å²) in [5, 5.41) is 12.3. The summed E-state index contributed by atoms with van der Waals surface area (Å²) in [7, 11) is 0. The third-order valence-electron chi connectivity index (χ3n) is 5.09. The summed E-state index contributed by atoms with van der Waals surface area (Å²) < 4.78 is 13.0. The van der Waals surface area contributed by atoms with Crippen LogP contribution in [0.3, 0.4) is 0 Å². The van der Waals surface area contributed by atoms with Crippen LogP contribution in [-0.2, 0) is 15.3 Å². The lowest BCUT2D eigenvalue weighted by Crippen LogP contribution is -2.24. The molecule has 0 saturated carbocycles. The highest BCUT2D eigenvalue weighted by Gasteiger charge is 2.34. The van der Waals surface area contributed by atoms with Crippen LogP contribution in [0.1, 0.15) is 34.0 Å². The van der Waals surface area contributed by atoms with E-state index in [2.05, 4.69) is 21.6 Å². The number of carbonyl (C=O) groups is 2. The molecule has 1 aliphatic heterocycles. The predicted molar refractivity (Wildman–Crippen MR) is 127 cm³/mol. The minimum Gasteiger partial charge on any atom is -0.312 e. The zero-order valence-corrected chi connectivity index (χ0v) is 19.4. The van der Waals surface area contributed by atoms with Crippen molar-refractivity contribution in [2.75, 3.05) is 22.5 Å². The van der Waals surface area contributed by atoms with Gasteiger partial charge in [-0.05, 0) is 54.8 Å². The number of thioether (sulfide) groups is 1. The van der Waals surface area contributed by atoms with Gasteiger partial charge in [0.25, 0.3) is 0 Å². The fourth-order valence-corrected chi connectivity index (χ4v) is 5.32. The van der Waals surface area contributed by atoms with Gasteiger partial charge in [-0.15, -0.1) is 22.0 Å². The average Bonchev–Trinajstić information content (AvgIpc) is 3.35. The van der Waals surface area contributed by atoms with Crippen molar-refractivity contribution in [3.63, 3.8) is 0 Å². The Bertz CT molecular complexity index is 1110. The molecular weight excluding hydrogens is 447 g/mol. The normalized spacial score (nSPS) is 15.9. The van der Waals surface area contributed by atoms with Gasteiger partial charge in [0.15, 0.2) is 0 Å². The molecule has 0 spiro atoms. The Hall–Kier alpha value is -2.78. The van der Waals surface area contributed by atoms with Gasteiger partial charge in [-0.25, -0.2) is 4.39 Å². The highest BCUT2D eigenvalue weighted by molar-refractivity contribution is 7.99. The summed E-state index contributed by atoms with van der Waals surface area (Å²) in [5.41, 5.74) is 4.11. The SMILES string of the molecule is Cc1cc(C)cc(N2CC(c3nnc(NC(=O)CSCc4ccc(F)cc4)s3)CC2=O)c1. The first-order chi connectivity index (χ1) is 15.4. The predicted octanol–water partition coefficient (Wildman–Crippen LogP) is 4.69. The standard InChI is InChI=1S/C23H23FN4O2S2/c1-14-7-15(2)9-19(8-14)28-11-17(10-21(28)30)22-26-27-23(32-22)25-20(29)13-31-12-16-3-5-18(24)6-4-16/h3-9,17H,10-13H2,1-2H3,(H,25,27,29). The molecule has 2 amide bonds. The van der Waals surface area contributed by atoms with E-state index in [9.17, 15) is 14.0 Å². The molecule has 3 aromatic rings. The molecule has 1 aliphatic rings. The number of benzene rings is 2. The van der Waals surface area contributed by atoms with E-state index >= 15 is 0 Å². The van der Waals surface area contributed by atoms with Crippen molar-refractivity contribution in [2.24, 2.45) is 0 Å². The van der Waals surface area contributed by atoms with Gasteiger partial charge < -0.3 is 4.90 Å². The van der Waals surface area contributed by atoms with Crippen LogP contribution in [0.4, 0.5) is 15.2 Å². The Morgan fingerprint density at radius 2 is 1.91 bits per heavy atom. The van der Waals surface area contributed by atoms with Crippen molar-refractivity contribution in [3.8, 4) is 0 Å².